The molecule has 0 aliphatic rings. The summed E-state index contributed by atoms with van der Waals surface area (Å²) >= 11 is 1.47. The second-order valence-electron chi connectivity index (χ2n) is 5.16. The Kier molecular flexibility index (Phi) is 5.07. The van der Waals surface area contributed by atoms with Crippen molar-refractivity contribution in [3.05, 3.63) is 39.9 Å². The van der Waals surface area contributed by atoms with Crippen LogP contribution in [0.4, 0.5) is 5.13 Å². The summed E-state index contributed by atoms with van der Waals surface area (Å²) in [4.78, 5) is 12.3. The number of aryl methyl sites for hydroxylation is 1. The smallest absolute Gasteiger partial charge is 0.257 e. The maximum Gasteiger partial charge on any atom is 0.257 e. The average Bonchev–Trinajstić information content (AvgIpc) is 2.91. The fourth-order valence-corrected chi connectivity index (χ4v) is 3.25. The van der Waals surface area contributed by atoms with Crippen LogP contribution in [0.2, 0.25) is 0 Å². The lowest BCUT2D eigenvalue weighted by Crippen LogP contribution is -2.13. The first-order valence-corrected chi connectivity index (χ1v) is 8.09. The van der Waals surface area contributed by atoms with E-state index in [2.05, 4.69) is 29.4 Å². The average molecular weight is 303 g/mol. The number of carbonyl (C=O) groups is 1. The van der Waals surface area contributed by atoms with E-state index in [1.54, 1.807) is 0 Å². The molecule has 0 atom stereocenters. The highest BCUT2D eigenvalue weighted by atomic mass is 32.1. The number of hydrogen-bond donors (Lipinski definition) is 1. The SMILES string of the molecule is CCC(CC)c1nnc(NC(=O)c2cccc(C)c2C)s1. The van der Waals surface area contributed by atoms with Crippen molar-refractivity contribution < 1.29 is 4.79 Å². The van der Waals surface area contributed by atoms with E-state index in [9.17, 15) is 4.79 Å². The number of hydrogen-bond acceptors (Lipinski definition) is 4. The highest BCUT2D eigenvalue weighted by Crippen LogP contribution is 2.28. The van der Waals surface area contributed by atoms with Gasteiger partial charge in [-0.3, -0.25) is 10.1 Å². The van der Waals surface area contributed by atoms with Gasteiger partial charge in [-0.2, -0.15) is 0 Å². The van der Waals surface area contributed by atoms with E-state index in [-0.39, 0.29) is 5.91 Å². The van der Waals surface area contributed by atoms with Crippen LogP contribution in [0.3, 0.4) is 0 Å². The van der Waals surface area contributed by atoms with Crippen LogP contribution in [0.5, 0.6) is 0 Å². The summed E-state index contributed by atoms with van der Waals surface area (Å²) in [5, 5.41) is 12.7. The molecule has 0 aliphatic carbocycles. The molecule has 0 bridgehead atoms. The van der Waals surface area contributed by atoms with E-state index in [0.29, 0.717) is 16.6 Å². The predicted molar refractivity (Wildman–Crippen MR) is 87.1 cm³/mol. The molecule has 0 spiro atoms. The van der Waals surface area contributed by atoms with Crippen LogP contribution >= 0.6 is 11.3 Å². The first kappa shape index (κ1) is 15.6. The Morgan fingerprint density at radius 3 is 2.62 bits per heavy atom. The van der Waals surface area contributed by atoms with Gasteiger partial charge >= 0.3 is 0 Å². The topological polar surface area (TPSA) is 54.9 Å². The molecule has 1 N–H and O–H groups in total. The highest BCUT2D eigenvalue weighted by Gasteiger charge is 2.16. The van der Waals surface area contributed by atoms with Gasteiger partial charge in [0, 0.05) is 11.5 Å². The standard InChI is InChI=1S/C16H21N3OS/c1-5-12(6-2)15-18-19-16(21-15)17-14(20)13-9-7-8-10(3)11(13)4/h7-9,12H,5-6H2,1-4H3,(H,17,19,20). The van der Waals surface area contributed by atoms with E-state index in [4.69, 9.17) is 0 Å². The molecule has 21 heavy (non-hydrogen) atoms. The monoisotopic (exact) mass is 303 g/mol. The van der Waals surface area contributed by atoms with Crippen molar-refractivity contribution in [2.24, 2.45) is 0 Å². The molecule has 5 heteroatoms. The molecule has 2 rings (SSSR count). The number of anilines is 1. The fourth-order valence-electron chi connectivity index (χ4n) is 2.25. The molecular formula is C16H21N3OS. The van der Waals surface area contributed by atoms with Gasteiger partial charge in [-0.1, -0.05) is 37.3 Å². The number of carbonyl (C=O) groups excluding carboxylic acids is 1. The van der Waals surface area contributed by atoms with E-state index in [0.717, 1.165) is 29.0 Å². The number of nitrogens with zero attached hydrogens (tertiary/aromatic N) is 2. The minimum absolute atomic E-state index is 0.122. The van der Waals surface area contributed by atoms with Gasteiger partial charge in [-0.15, -0.1) is 10.2 Å². The fraction of sp³-hybridized carbons (Fsp3) is 0.438. The maximum absolute atomic E-state index is 12.3. The Balaban J connectivity index is 2.15. The summed E-state index contributed by atoms with van der Waals surface area (Å²) in [6, 6.07) is 5.73. The highest BCUT2D eigenvalue weighted by molar-refractivity contribution is 7.15. The Morgan fingerprint density at radius 1 is 1.24 bits per heavy atom. The molecule has 1 aromatic heterocycles. The zero-order chi connectivity index (χ0) is 15.4. The Bertz CT molecular complexity index is 632. The minimum atomic E-state index is -0.122. The first-order chi connectivity index (χ1) is 10.1. The largest absolute Gasteiger partial charge is 0.296 e. The van der Waals surface area contributed by atoms with Crippen molar-refractivity contribution >= 4 is 22.4 Å². The predicted octanol–water partition coefficient (Wildman–Crippen LogP) is 4.31. The summed E-state index contributed by atoms with van der Waals surface area (Å²) in [6.07, 6.45) is 2.08. The van der Waals surface area contributed by atoms with Gasteiger partial charge in [0.2, 0.25) is 5.13 Å². The molecule has 0 unspecified atom stereocenters. The molecule has 4 nitrogen and oxygen atoms in total. The second kappa shape index (κ2) is 6.80. The lowest BCUT2D eigenvalue weighted by Gasteiger charge is -2.07. The van der Waals surface area contributed by atoms with Crippen LogP contribution < -0.4 is 5.32 Å². The third kappa shape index (κ3) is 3.47. The zero-order valence-electron chi connectivity index (χ0n) is 12.9. The lowest BCUT2D eigenvalue weighted by molar-refractivity contribution is 0.102. The number of nitrogens with one attached hydrogen (secondary N) is 1. The van der Waals surface area contributed by atoms with Crippen molar-refractivity contribution in [1.82, 2.24) is 10.2 Å². The molecule has 112 valence electrons. The first-order valence-electron chi connectivity index (χ1n) is 7.27. The summed E-state index contributed by atoms with van der Waals surface area (Å²) < 4.78 is 0. The van der Waals surface area contributed by atoms with Gasteiger partial charge in [0.25, 0.3) is 5.91 Å². The van der Waals surface area contributed by atoms with Crippen LogP contribution in [0.25, 0.3) is 0 Å². The molecule has 0 saturated carbocycles. The van der Waals surface area contributed by atoms with Gasteiger partial charge in [0.1, 0.15) is 5.01 Å². The summed E-state index contributed by atoms with van der Waals surface area (Å²) in [6.45, 7) is 8.25. The van der Waals surface area contributed by atoms with Crippen molar-refractivity contribution in [3.8, 4) is 0 Å². The number of rotatable bonds is 5. The minimum Gasteiger partial charge on any atom is -0.296 e. The zero-order valence-corrected chi connectivity index (χ0v) is 13.8. The van der Waals surface area contributed by atoms with Crippen molar-refractivity contribution in [2.75, 3.05) is 5.32 Å². The Hall–Kier alpha value is -1.75. The number of amides is 1. The van der Waals surface area contributed by atoms with E-state index >= 15 is 0 Å². The van der Waals surface area contributed by atoms with Gasteiger partial charge < -0.3 is 0 Å². The van der Waals surface area contributed by atoms with Crippen molar-refractivity contribution in [3.63, 3.8) is 0 Å². The van der Waals surface area contributed by atoms with Crippen LogP contribution in [-0.2, 0) is 0 Å². The maximum atomic E-state index is 12.3. The Labute approximate surface area is 129 Å². The van der Waals surface area contributed by atoms with Gasteiger partial charge in [-0.05, 0) is 43.9 Å². The normalized spacial score (nSPS) is 10.9. The molecule has 0 fully saturated rings. The molecule has 1 amide bonds. The third-order valence-electron chi connectivity index (χ3n) is 3.85. The molecule has 1 heterocycles. The molecule has 1 aromatic carbocycles. The van der Waals surface area contributed by atoms with Gasteiger partial charge in [0.05, 0.1) is 0 Å². The molecular weight excluding hydrogens is 282 g/mol. The Morgan fingerprint density at radius 2 is 1.95 bits per heavy atom. The molecule has 0 radical (unpaired) electrons. The molecule has 2 aromatic rings. The van der Waals surface area contributed by atoms with Gasteiger partial charge in [0.15, 0.2) is 0 Å². The van der Waals surface area contributed by atoms with E-state index < -0.39 is 0 Å². The van der Waals surface area contributed by atoms with Crippen LogP contribution in [0.1, 0.15) is 59.1 Å². The van der Waals surface area contributed by atoms with E-state index in [1.807, 2.05) is 32.0 Å². The lowest BCUT2D eigenvalue weighted by atomic mass is 10.0. The second-order valence-corrected chi connectivity index (χ2v) is 6.17. The summed E-state index contributed by atoms with van der Waals surface area (Å²) in [5.41, 5.74) is 2.80. The van der Waals surface area contributed by atoms with Crippen LogP contribution in [0.15, 0.2) is 18.2 Å². The molecule has 0 saturated heterocycles. The van der Waals surface area contributed by atoms with Crippen LogP contribution in [-0.4, -0.2) is 16.1 Å². The molecule has 0 aliphatic heterocycles. The van der Waals surface area contributed by atoms with Crippen molar-refractivity contribution in [1.29, 1.82) is 0 Å². The third-order valence-corrected chi connectivity index (χ3v) is 4.85. The summed E-state index contributed by atoms with van der Waals surface area (Å²) in [7, 11) is 0. The van der Waals surface area contributed by atoms with Crippen molar-refractivity contribution in [2.45, 2.75) is 46.5 Å². The quantitative estimate of drug-likeness (QED) is 0.895. The van der Waals surface area contributed by atoms with Crippen LogP contribution in [0, 0.1) is 13.8 Å². The summed E-state index contributed by atoms with van der Waals surface area (Å²) in [5.74, 6) is 0.303. The number of benzene rings is 1. The number of aromatic nitrogens is 2. The van der Waals surface area contributed by atoms with E-state index in [1.165, 1.54) is 11.3 Å². The van der Waals surface area contributed by atoms with Gasteiger partial charge in [-0.25, -0.2) is 0 Å².